The Morgan fingerprint density at radius 3 is 2.84 bits per heavy atom. The third-order valence-corrected chi connectivity index (χ3v) is 4.25. The average Bonchev–Trinajstić information content (AvgIpc) is 2.85. The summed E-state index contributed by atoms with van der Waals surface area (Å²) in [6.45, 7) is 6.74. The van der Waals surface area contributed by atoms with Crippen LogP contribution in [0.3, 0.4) is 0 Å². The van der Waals surface area contributed by atoms with Crippen LogP contribution >= 0.6 is 11.6 Å². The summed E-state index contributed by atoms with van der Waals surface area (Å²) in [5, 5.41) is 7.82. The number of carbonyl (C=O) groups is 1. The predicted molar refractivity (Wildman–Crippen MR) is 102 cm³/mol. The fraction of sp³-hybridized carbons (Fsp3) is 0.368. The largest absolute Gasteiger partial charge is 0.495 e. The Kier molecular flexibility index (Phi) is 6.65. The van der Waals surface area contributed by atoms with Gasteiger partial charge in [0.2, 0.25) is 5.91 Å². The topological polar surface area (TPSA) is 56.2 Å². The van der Waals surface area contributed by atoms with Crippen LogP contribution in [0.2, 0.25) is 5.15 Å². The number of nitrogens with zero attached hydrogens (tertiary/aromatic N) is 2. The van der Waals surface area contributed by atoms with Crippen molar-refractivity contribution in [2.75, 3.05) is 12.4 Å². The van der Waals surface area contributed by atoms with Crippen LogP contribution in [0.25, 0.3) is 6.08 Å². The molecule has 0 radical (unpaired) electrons. The molecular weight excluding hydrogens is 338 g/mol. The SMILES string of the molecule is CCCCn1nc(C)c(/C=C/C(=O)Nc2cc(C)ccc2OC)c1Cl. The molecule has 0 unspecified atom stereocenters. The Morgan fingerprint density at radius 2 is 2.16 bits per heavy atom. The number of rotatable bonds is 7. The van der Waals surface area contributed by atoms with Crippen molar-refractivity contribution in [1.29, 1.82) is 0 Å². The van der Waals surface area contributed by atoms with Gasteiger partial charge in [0.25, 0.3) is 0 Å². The zero-order chi connectivity index (χ0) is 18.4. The number of unbranched alkanes of at least 4 members (excludes halogenated alkanes) is 1. The lowest BCUT2D eigenvalue weighted by Gasteiger charge is -2.09. The quantitative estimate of drug-likeness (QED) is 0.732. The van der Waals surface area contributed by atoms with E-state index in [4.69, 9.17) is 16.3 Å². The van der Waals surface area contributed by atoms with Crippen molar-refractivity contribution in [3.8, 4) is 5.75 Å². The highest BCUT2D eigenvalue weighted by atomic mass is 35.5. The lowest BCUT2D eigenvalue weighted by molar-refractivity contribution is -0.111. The van der Waals surface area contributed by atoms with Gasteiger partial charge in [-0.2, -0.15) is 5.10 Å². The first-order valence-electron chi connectivity index (χ1n) is 8.32. The summed E-state index contributed by atoms with van der Waals surface area (Å²) in [7, 11) is 1.57. The number of nitrogens with one attached hydrogen (secondary N) is 1. The molecule has 0 bridgehead atoms. The molecule has 0 fully saturated rings. The van der Waals surface area contributed by atoms with E-state index in [1.165, 1.54) is 6.08 Å². The molecule has 1 heterocycles. The van der Waals surface area contributed by atoms with E-state index in [0.717, 1.165) is 36.2 Å². The maximum Gasteiger partial charge on any atom is 0.248 e. The van der Waals surface area contributed by atoms with Crippen molar-refractivity contribution < 1.29 is 9.53 Å². The van der Waals surface area contributed by atoms with Gasteiger partial charge in [-0.15, -0.1) is 0 Å². The number of amides is 1. The van der Waals surface area contributed by atoms with E-state index in [9.17, 15) is 4.79 Å². The maximum absolute atomic E-state index is 12.2. The van der Waals surface area contributed by atoms with Crippen molar-refractivity contribution in [3.05, 3.63) is 46.2 Å². The summed E-state index contributed by atoms with van der Waals surface area (Å²) in [5.74, 6) is 0.370. The second-order valence-electron chi connectivity index (χ2n) is 5.89. The number of methoxy groups -OCH3 is 1. The first kappa shape index (κ1) is 19.1. The maximum atomic E-state index is 12.2. The fourth-order valence-corrected chi connectivity index (χ4v) is 2.79. The smallest absolute Gasteiger partial charge is 0.248 e. The Balaban J connectivity index is 2.13. The van der Waals surface area contributed by atoms with Gasteiger partial charge in [0.1, 0.15) is 10.9 Å². The van der Waals surface area contributed by atoms with E-state index in [-0.39, 0.29) is 5.91 Å². The summed E-state index contributed by atoms with van der Waals surface area (Å²) < 4.78 is 7.05. The van der Waals surface area contributed by atoms with Crippen LogP contribution in [0.15, 0.2) is 24.3 Å². The number of benzene rings is 1. The van der Waals surface area contributed by atoms with Gasteiger partial charge in [0.05, 0.1) is 18.5 Å². The molecule has 1 amide bonds. The molecule has 6 heteroatoms. The van der Waals surface area contributed by atoms with Crippen LogP contribution in [0, 0.1) is 13.8 Å². The van der Waals surface area contributed by atoms with Crippen molar-refractivity contribution in [2.45, 2.75) is 40.2 Å². The Labute approximate surface area is 153 Å². The van der Waals surface area contributed by atoms with Crippen LogP contribution in [0.5, 0.6) is 5.75 Å². The third kappa shape index (κ3) is 4.86. The molecule has 0 aliphatic heterocycles. The summed E-state index contributed by atoms with van der Waals surface area (Å²) in [6.07, 6.45) is 5.24. The van der Waals surface area contributed by atoms with Crippen molar-refractivity contribution in [3.63, 3.8) is 0 Å². The number of hydrogen-bond donors (Lipinski definition) is 1. The number of aryl methyl sites for hydroxylation is 3. The average molecular weight is 362 g/mol. The number of halogens is 1. The van der Waals surface area contributed by atoms with Crippen LogP contribution < -0.4 is 10.1 Å². The second kappa shape index (κ2) is 8.72. The second-order valence-corrected chi connectivity index (χ2v) is 6.25. The van der Waals surface area contributed by atoms with Crippen LogP contribution in [-0.2, 0) is 11.3 Å². The standard InChI is InChI=1S/C19H24ClN3O2/c1-5-6-11-23-19(20)15(14(3)22-23)8-10-18(24)21-16-12-13(2)7-9-17(16)25-4/h7-10,12H,5-6,11H2,1-4H3,(H,21,24)/b10-8+. The molecule has 1 N–H and O–H groups in total. The van der Waals surface area contributed by atoms with Crippen molar-refractivity contribution in [2.24, 2.45) is 0 Å². The van der Waals surface area contributed by atoms with Crippen LogP contribution in [0.4, 0.5) is 5.69 Å². The van der Waals surface area contributed by atoms with E-state index in [0.29, 0.717) is 16.6 Å². The number of ether oxygens (including phenoxy) is 1. The van der Waals surface area contributed by atoms with Gasteiger partial charge < -0.3 is 10.1 Å². The highest BCUT2D eigenvalue weighted by Crippen LogP contribution is 2.25. The molecule has 1 aromatic heterocycles. The molecule has 0 spiro atoms. The molecule has 25 heavy (non-hydrogen) atoms. The van der Waals surface area contributed by atoms with E-state index in [1.54, 1.807) is 17.9 Å². The minimum atomic E-state index is -0.249. The van der Waals surface area contributed by atoms with Crippen molar-refractivity contribution in [1.82, 2.24) is 9.78 Å². The summed E-state index contributed by atoms with van der Waals surface area (Å²) in [4.78, 5) is 12.2. The molecule has 0 aliphatic carbocycles. The molecule has 0 saturated carbocycles. The van der Waals surface area contributed by atoms with Gasteiger partial charge in [0.15, 0.2) is 0 Å². The third-order valence-electron chi connectivity index (χ3n) is 3.85. The fourth-order valence-electron chi connectivity index (χ4n) is 2.47. The summed E-state index contributed by atoms with van der Waals surface area (Å²) in [5.41, 5.74) is 3.25. The molecule has 0 saturated heterocycles. The van der Waals surface area contributed by atoms with Crippen molar-refractivity contribution >= 4 is 29.3 Å². The molecule has 0 aliphatic rings. The summed E-state index contributed by atoms with van der Waals surface area (Å²) in [6, 6.07) is 5.62. The minimum Gasteiger partial charge on any atom is -0.495 e. The van der Waals surface area contributed by atoms with E-state index < -0.39 is 0 Å². The Bertz CT molecular complexity index is 781. The highest BCUT2D eigenvalue weighted by molar-refractivity contribution is 6.31. The van der Waals surface area contributed by atoms with E-state index in [1.807, 2.05) is 32.0 Å². The van der Waals surface area contributed by atoms with Gasteiger partial charge in [-0.1, -0.05) is 31.0 Å². The molecule has 0 atom stereocenters. The number of carbonyl (C=O) groups excluding carboxylic acids is 1. The van der Waals surface area contributed by atoms with Crippen LogP contribution in [-0.4, -0.2) is 22.8 Å². The normalized spacial score (nSPS) is 11.1. The number of hydrogen-bond acceptors (Lipinski definition) is 3. The summed E-state index contributed by atoms with van der Waals surface area (Å²) >= 11 is 6.37. The Hall–Kier alpha value is -2.27. The molecule has 1 aromatic carbocycles. The van der Waals surface area contributed by atoms with Crippen LogP contribution in [0.1, 0.15) is 36.6 Å². The molecular formula is C19H24ClN3O2. The van der Waals surface area contributed by atoms with Gasteiger partial charge in [0, 0.05) is 18.2 Å². The van der Waals surface area contributed by atoms with Gasteiger partial charge >= 0.3 is 0 Å². The lowest BCUT2D eigenvalue weighted by Crippen LogP contribution is -2.09. The predicted octanol–water partition coefficient (Wildman–Crippen LogP) is 4.61. The highest BCUT2D eigenvalue weighted by Gasteiger charge is 2.11. The van der Waals surface area contributed by atoms with E-state index >= 15 is 0 Å². The lowest BCUT2D eigenvalue weighted by atomic mass is 10.2. The molecule has 5 nitrogen and oxygen atoms in total. The monoisotopic (exact) mass is 361 g/mol. The number of aromatic nitrogens is 2. The molecule has 2 aromatic rings. The Morgan fingerprint density at radius 1 is 1.40 bits per heavy atom. The molecule has 2 rings (SSSR count). The van der Waals surface area contributed by atoms with E-state index in [2.05, 4.69) is 17.3 Å². The minimum absolute atomic E-state index is 0.249. The van der Waals surface area contributed by atoms with Gasteiger partial charge in [-0.3, -0.25) is 9.48 Å². The number of anilines is 1. The first-order chi connectivity index (χ1) is 12.0. The molecule has 134 valence electrons. The zero-order valence-electron chi connectivity index (χ0n) is 15.1. The van der Waals surface area contributed by atoms with Gasteiger partial charge in [-0.05, 0) is 44.0 Å². The first-order valence-corrected chi connectivity index (χ1v) is 8.70. The van der Waals surface area contributed by atoms with Gasteiger partial charge in [-0.25, -0.2) is 0 Å². The zero-order valence-corrected chi connectivity index (χ0v) is 15.9.